The van der Waals surface area contributed by atoms with Crippen LogP contribution in [0.1, 0.15) is 23.2 Å². The third kappa shape index (κ3) is 2.06. The van der Waals surface area contributed by atoms with Crippen molar-refractivity contribution in [1.29, 1.82) is 0 Å². The van der Waals surface area contributed by atoms with Gasteiger partial charge in [-0.15, -0.1) is 0 Å². The fourth-order valence-electron chi connectivity index (χ4n) is 2.40. The highest BCUT2D eigenvalue weighted by Gasteiger charge is 2.28. The zero-order valence-corrected chi connectivity index (χ0v) is 9.60. The van der Waals surface area contributed by atoms with Crippen LogP contribution in [0.2, 0.25) is 0 Å². The van der Waals surface area contributed by atoms with E-state index in [1.54, 1.807) is 18.2 Å². The summed E-state index contributed by atoms with van der Waals surface area (Å²) in [6.07, 6.45) is 1.89. The number of hydrogen-bond acceptors (Lipinski definition) is 4. The summed E-state index contributed by atoms with van der Waals surface area (Å²) < 4.78 is 0. The molecule has 0 spiro atoms. The number of nitrogen functional groups attached to an aromatic ring is 1. The van der Waals surface area contributed by atoms with Crippen molar-refractivity contribution in [3.8, 4) is 0 Å². The number of aliphatic hydroxyl groups excluding tert-OH is 1. The summed E-state index contributed by atoms with van der Waals surface area (Å²) in [4.78, 5) is 13.4. The molecule has 0 aromatic heterocycles. The summed E-state index contributed by atoms with van der Waals surface area (Å²) in [5.74, 6) is -0.490. The Kier molecular flexibility index (Phi) is 3.19. The number of amides is 1. The molecule has 2 rings (SSSR count). The lowest BCUT2D eigenvalue weighted by Crippen LogP contribution is -2.34. The first kappa shape index (κ1) is 11.7. The van der Waals surface area contributed by atoms with E-state index < -0.39 is 5.91 Å². The van der Waals surface area contributed by atoms with E-state index in [2.05, 4.69) is 0 Å². The number of carbonyl (C=O) groups excluding carboxylic acids is 1. The summed E-state index contributed by atoms with van der Waals surface area (Å²) in [6.45, 7) is 0.853. The molecule has 17 heavy (non-hydrogen) atoms. The first-order valence-electron chi connectivity index (χ1n) is 5.71. The maximum atomic E-state index is 11.4. The third-order valence-electron chi connectivity index (χ3n) is 3.21. The maximum absolute atomic E-state index is 11.4. The molecule has 1 heterocycles. The van der Waals surface area contributed by atoms with Gasteiger partial charge in [-0.05, 0) is 25.0 Å². The SMILES string of the molecule is NC(=O)c1cccc(N)c1N1CCCC1CO. The quantitative estimate of drug-likeness (QED) is 0.658. The van der Waals surface area contributed by atoms with Crippen LogP contribution in [-0.4, -0.2) is 30.2 Å². The second-order valence-corrected chi connectivity index (χ2v) is 4.28. The topological polar surface area (TPSA) is 92.6 Å². The molecule has 0 radical (unpaired) electrons. The predicted octanol–water partition coefficient (Wildman–Crippen LogP) is 0.329. The molecule has 1 aliphatic rings. The summed E-state index contributed by atoms with van der Waals surface area (Å²) in [5, 5.41) is 9.32. The van der Waals surface area contributed by atoms with Crippen molar-refractivity contribution in [3.63, 3.8) is 0 Å². The van der Waals surface area contributed by atoms with Crippen molar-refractivity contribution >= 4 is 17.3 Å². The number of para-hydroxylation sites is 1. The normalized spacial score (nSPS) is 19.6. The van der Waals surface area contributed by atoms with E-state index >= 15 is 0 Å². The van der Waals surface area contributed by atoms with Crippen LogP contribution in [0, 0.1) is 0 Å². The summed E-state index contributed by atoms with van der Waals surface area (Å²) in [7, 11) is 0. The standard InChI is InChI=1S/C12H17N3O2/c13-10-5-1-4-9(12(14)17)11(10)15-6-2-3-8(15)7-16/h1,4-5,8,16H,2-3,6-7,13H2,(H2,14,17). The number of nitrogens with zero attached hydrogens (tertiary/aromatic N) is 1. The fourth-order valence-corrected chi connectivity index (χ4v) is 2.40. The van der Waals surface area contributed by atoms with Crippen molar-refractivity contribution in [3.05, 3.63) is 23.8 Å². The van der Waals surface area contributed by atoms with Gasteiger partial charge in [-0.1, -0.05) is 6.07 Å². The Balaban J connectivity index is 2.46. The molecule has 92 valence electrons. The van der Waals surface area contributed by atoms with Gasteiger partial charge < -0.3 is 21.5 Å². The smallest absolute Gasteiger partial charge is 0.250 e. The molecule has 0 bridgehead atoms. The molecule has 0 aliphatic carbocycles. The largest absolute Gasteiger partial charge is 0.397 e. The highest BCUT2D eigenvalue weighted by Crippen LogP contribution is 2.33. The Hall–Kier alpha value is -1.75. The maximum Gasteiger partial charge on any atom is 0.250 e. The minimum absolute atomic E-state index is 0.0257. The first-order valence-corrected chi connectivity index (χ1v) is 5.71. The number of primary amides is 1. The highest BCUT2D eigenvalue weighted by molar-refractivity contribution is 6.01. The van der Waals surface area contributed by atoms with E-state index in [0.29, 0.717) is 16.9 Å². The van der Waals surface area contributed by atoms with Gasteiger partial charge in [0.1, 0.15) is 0 Å². The van der Waals surface area contributed by atoms with Gasteiger partial charge >= 0.3 is 0 Å². The Bertz CT molecular complexity index is 434. The lowest BCUT2D eigenvalue weighted by Gasteiger charge is -2.28. The minimum atomic E-state index is -0.490. The first-order chi connectivity index (χ1) is 8.15. The van der Waals surface area contributed by atoms with Crippen LogP contribution in [0.4, 0.5) is 11.4 Å². The molecule has 1 unspecified atom stereocenters. The molecule has 1 aromatic carbocycles. The van der Waals surface area contributed by atoms with Gasteiger partial charge in [-0.2, -0.15) is 0 Å². The number of nitrogens with two attached hydrogens (primary N) is 2. The van der Waals surface area contributed by atoms with Gasteiger partial charge in [0.25, 0.3) is 5.91 Å². The lowest BCUT2D eigenvalue weighted by molar-refractivity contribution is 0.100. The van der Waals surface area contributed by atoms with Crippen molar-refractivity contribution in [1.82, 2.24) is 0 Å². The lowest BCUT2D eigenvalue weighted by atomic mass is 10.1. The van der Waals surface area contributed by atoms with Gasteiger partial charge in [0, 0.05) is 6.54 Å². The number of hydrogen-bond donors (Lipinski definition) is 3. The molecular formula is C12H17N3O2. The molecule has 1 aromatic rings. The molecule has 1 aliphatic heterocycles. The number of carbonyl (C=O) groups is 1. The van der Waals surface area contributed by atoms with Crippen LogP contribution in [0.3, 0.4) is 0 Å². The highest BCUT2D eigenvalue weighted by atomic mass is 16.3. The molecule has 0 saturated carbocycles. The van der Waals surface area contributed by atoms with E-state index in [1.807, 2.05) is 4.90 Å². The summed E-state index contributed by atoms with van der Waals surface area (Å²) in [5.41, 5.74) is 12.9. The van der Waals surface area contributed by atoms with E-state index in [9.17, 15) is 9.90 Å². The zero-order chi connectivity index (χ0) is 12.4. The van der Waals surface area contributed by atoms with Crippen LogP contribution >= 0.6 is 0 Å². The second kappa shape index (κ2) is 4.63. The molecule has 1 amide bonds. The van der Waals surface area contributed by atoms with Crippen LogP contribution in [-0.2, 0) is 0 Å². The molecular weight excluding hydrogens is 218 g/mol. The van der Waals surface area contributed by atoms with Crippen LogP contribution in [0.5, 0.6) is 0 Å². The Morgan fingerprint density at radius 1 is 1.53 bits per heavy atom. The molecule has 1 atom stereocenters. The van der Waals surface area contributed by atoms with Gasteiger partial charge in [0.05, 0.1) is 29.6 Å². The average molecular weight is 235 g/mol. The number of aliphatic hydroxyl groups is 1. The fraction of sp³-hybridized carbons (Fsp3) is 0.417. The molecule has 5 heteroatoms. The van der Waals surface area contributed by atoms with Gasteiger partial charge in [0.15, 0.2) is 0 Å². The minimum Gasteiger partial charge on any atom is -0.397 e. The monoisotopic (exact) mass is 235 g/mol. The second-order valence-electron chi connectivity index (χ2n) is 4.28. The van der Waals surface area contributed by atoms with Gasteiger partial charge in [-0.25, -0.2) is 0 Å². The van der Waals surface area contributed by atoms with Crippen LogP contribution in [0.25, 0.3) is 0 Å². The Morgan fingerprint density at radius 3 is 2.94 bits per heavy atom. The summed E-state index contributed by atoms with van der Waals surface area (Å²) in [6, 6.07) is 5.15. The van der Waals surface area contributed by atoms with Crippen molar-refractivity contribution in [2.45, 2.75) is 18.9 Å². The molecule has 1 saturated heterocycles. The van der Waals surface area contributed by atoms with Crippen LogP contribution < -0.4 is 16.4 Å². The summed E-state index contributed by atoms with van der Waals surface area (Å²) >= 11 is 0. The van der Waals surface area contributed by atoms with Crippen LogP contribution in [0.15, 0.2) is 18.2 Å². The van der Waals surface area contributed by atoms with Gasteiger partial charge in [-0.3, -0.25) is 4.79 Å². The molecule has 1 fully saturated rings. The van der Waals surface area contributed by atoms with Crippen molar-refractivity contribution in [2.75, 3.05) is 23.8 Å². The Morgan fingerprint density at radius 2 is 2.29 bits per heavy atom. The van der Waals surface area contributed by atoms with E-state index in [1.165, 1.54) is 0 Å². The van der Waals surface area contributed by atoms with E-state index in [4.69, 9.17) is 11.5 Å². The number of benzene rings is 1. The zero-order valence-electron chi connectivity index (χ0n) is 9.60. The van der Waals surface area contributed by atoms with E-state index in [0.717, 1.165) is 19.4 Å². The van der Waals surface area contributed by atoms with Gasteiger partial charge in [0.2, 0.25) is 0 Å². The predicted molar refractivity (Wildman–Crippen MR) is 66.8 cm³/mol. The third-order valence-corrected chi connectivity index (χ3v) is 3.21. The van der Waals surface area contributed by atoms with Crippen molar-refractivity contribution in [2.24, 2.45) is 5.73 Å². The Labute approximate surface area is 100 Å². The number of anilines is 2. The van der Waals surface area contributed by atoms with Crippen molar-refractivity contribution < 1.29 is 9.90 Å². The van der Waals surface area contributed by atoms with E-state index in [-0.39, 0.29) is 12.6 Å². The molecule has 5 N–H and O–H groups in total. The number of rotatable bonds is 3. The molecule has 5 nitrogen and oxygen atoms in total. The average Bonchev–Trinajstić information content (AvgIpc) is 2.76.